The molecule has 3 nitrogen and oxygen atoms in total. The molecule has 0 heterocycles. The molecule has 0 saturated carbocycles. The molecule has 0 amide bonds. The Balaban J connectivity index is 2.57. The summed E-state index contributed by atoms with van der Waals surface area (Å²) >= 11 is 0. The van der Waals surface area contributed by atoms with Crippen LogP contribution in [0.1, 0.15) is 0 Å². The Kier molecular flexibility index (Phi) is 2.74. The van der Waals surface area contributed by atoms with E-state index in [1.807, 2.05) is 0 Å². The highest BCUT2D eigenvalue weighted by Gasteiger charge is 1.97. The van der Waals surface area contributed by atoms with Crippen molar-refractivity contribution >= 4 is 19.3 Å². The number of benzene rings is 1. The van der Waals surface area contributed by atoms with Gasteiger partial charge in [-0.15, -0.1) is 0 Å². The van der Waals surface area contributed by atoms with Crippen molar-refractivity contribution in [3.8, 4) is 5.75 Å². The Morgan fingerprint density at radius 2 is 2.33 bits per heavy atom. The molecule has 1 aromatic carbocycles. The summed E-state index contributed by atoms with van der Waals surface area (Å²) in [6, 6.07) is 6.63. The third kappa shape index (κ3) is 2.66. The van der Waals surface area contributed by atoms with Crippen LogP contribution < -0.4 is 10.2 Å². The van der Waals surface area contributed by atoms with Crippen molar-refractivity contribution in [2.24, 2.45) is 0 Å². The van der Waals surface area contributed by atoms with Crippen molar-refractivity contribution in [1.82, 2.24) is 0 Å². The summed E-state index contributed by atoms with van der Waals surface area (Å²) in [5, 5.41) is 8.29. The van der Waals surface area contributed by atoms with Crippen LogP contribution >= 0.6 is 0 Å². The summed E-state index contributed by atoms with van der Waals surface area (Å²) in [7, 11) is 5.44. The zero-order valence-electron chi connectivity index (χ0n) is 6.36. The van der Waals surface area contributed by atoms with Gasteiger partial charge in [0.25, 0.3) is 0 Å². The molecule has 0 fully saturated rings. The van der Waals surface area contributed by atoms with Gasteiger partial charge in [-0.2, -0.15) is 0 Å². The van der Waals surface area contributed by atoms with Crippen LogP contribution in [0.5, 0.6) is 5.75 Å². The average molecular weight is 162 g/mol. The van der Waals surface area contributed by atoms with Crippen molar-refractivity contribution in [2.75, 3.05) is 6.61 Å². The predicted molar refractivity (Wildman–Crippen MR) is 45.0 cm³/mol. The molecule has 0 saturated heterocycles. The maximum absolute atomic E-state index is 10.1. The fourth-order valence-electron chi connectivity index (χ4n) is 0.749. The van der Waals surface area contributed by atoms with Crippen molar-refractivity contribution < 1.29 is 14.6 Å². The van der Waals surface area contributed by atoms with E-state index in [1.54, 1.807) is 24.3 Å². The maximum Gasteiger partial charge on any atom is 0.341 e. The second-order valence-electron chi connectivity index (χ2n) is 2.25. The van der Waals surface area contributed by atoms with Crippen molar-refractivity contribution in [3.05, 3.63) is 24.3 Å². The third-order valence-corrected chi connectivity index (χ3v) is 1.22. The van der Waals surface area contributed by atoms with Gasteiger partial charge in [-0.1, -0.05) is 17.6 Å². The molecule has 12 heavy (non-hydrogen) atoms. The number of aliphatic carboxylic acids is 1. The van der Waals surface area contributed by atoms with E-state index in [9.17, 15) is 4.79 Å². The summed E-state index contributed by atoms with van der Waals surface area (Å²) in [5.74, 6) is -0.533. The molecule has 0 unspecified atom stereocenters. The van der Waals surface area contributed by atoms with Gasteiger partial charge in [0.1, 0.15) is 13.6 Å². The lowest BCUT2D eigenvalue weighted by Crippen LogP contribution is -2.10. The van der Waals surface area contributed by atoms with E-state index in [2.05, 4.69) is 0 Å². The lowest BCUT2D eigenvalue weighted by atomic mass is 9.96. The van der Waals surface area contributed by atoms with Gasteiger partial charge >= 0.3 is 5.97 Å². The van der Waals surface area contributed by atoms with Gasteiger partial charge in [0.05, 0.1) is 0 Å². The Morgan fingerprint density at radius 1 is 1.58 bits per heavy atom. The lowest BCUT2D eigenvalue weighted by molar-refractivity contribution is -0.139. The Labute approximate surface area is 71.4 Å². The zero-order valence-corrected chi connectivity index (χ0v) is 6.36. The molecular formula is C8H7BO3. The first-order chi connectivity index (χ1) is 5.68. The number of hydrogen-bond acceptors (Lipinski definition) is 2. The van der Waals surface area contributed by atoms with Crippen LogP contribution in [0.15, 0.2) is 24.3 Å². The van der Waals surface area contributed by atoms with E-state index in [1.165, 1.54) is 0 Å². The van der Waals surface area contributed by atoms with E-state index in [0.29, 0.717) is 11.2 Å². The fraction of sp³-hybridized carbons (Fsp3) is 0.125. The molecule has 0 bridgehead atoms. The molecule has 4 heteroatoms. The number of hydrogen-bond donors (Lipinski definition) is 1. The van der Waals surface area contributed by atoms with Crippen LogP contribution in [-0.2, 0) is 4.79 Å². The standard InChI is InChI=1S/C8H7BO3/c9-6-2-1-3-7(4-6)12-5-8(10)11/h1-4H,5H2,(H,10,11). The van der Waals surface area contributed by atoms with Crippen LogP contribution in [0.2, 0.25) is 0 Å². The molecule has 0 aromatic heterocycles. The lowest BCUT2D eigenvalue weighted by Gasteiger charge is -2.02. The first-order valence-electron chi connectivity index (χ1n) is 3.38. The highest BCUT2D eigenvalue weighted by molar-refractivity contribution is 6.32. The van der Waals surface area contributed by atoms with Crippen LogP contribution in [0.3, 0.4) is 0 Å². The second kappa shape index (κ2) is 3.81. The molecule has 0 spiro atoms. The van der Waals surface area contributed by atoms with Crippen molar-refractivity contribution in [3.63, 3.8) is 0 Å². The molecule has 1 N–H and O–H groups in total. The number of carboxylic acid groups (broad SMARTS) is 1. The first kappa shape index (κ1) is 8.65. The van der Waals surface area contributed by atoms with Crippen LogP contribution in [0.25, 0.3) is 0 Å². The van der Waals surface area contributed by atoms with Gasteiger partial charge < -0.3 is 9.84 Å². The molecule has 1 aromatic rings. The van der Waals surface area contributed by atoms with Crippen LogP contribution in [0, 0.1) is 0 Å². The van der Waals surface area contributed by atoms with Gasteiger partial charge in [-0.05, 0) is 12.1 Å². The molecule has 60 valence electrons. The zero-order chi connectivity index (χ0) is 8.97. The minimum Gasteiger partial charge on any atom is -0.482 e. The number of carboxylic acids is 1. The summed E-state index contributed by atoms with van der Waals surface area (Å²) in [6.07, 6.45) is 0. The maximum atomic E-state index is 10.1. The van der Waals surface area contributed by atoms with Gasteiger partial charge in [0.15, 0.2) is 6.61 Å². The van der Waals surface area contributed by atoms with E-state index in [-0.39, 0.29) is 6.61 Å². The molecule has 1 rings (SSSR count). The molecular weight excluding hydrogens is 155 g/mol. The topological polar surface area (TPSA) is 46.5 Å². The summed E-state index contributed by atoms with van der Waals surface area (Å²) < 4.78 is 4.87. The highest BCUT2D eigenvalue weighted by atomic mass is 16.5. The quantitative estimate of drug-likeness (QED) is 0.633. The second-order valence-corrected chi connectivity index (χ2v) is 2.25. The van der Waals surface area contributed by atoms with Crippen LogP contribution in [0.4, 0.5) is 0 Å². The van der Waals surface area contributed by atoms with Crippen molar-refractivity contribution in [2.45, 2.75) is 0 Å². The molecule has 0 aliphatic heterocycles. The normalized spacial score (nSPS) is 9.33. The third-order valence-electron chi connectivity index (χ3n) is 1.22. The SMILES string of the molecule is [B]c1cccc(OCC(=O)O)c1. The van der Waals surface area contributed by atoms with Crippen LogP contribution in [-0.4, -0.2) is 25.5 Å². The Hall–Kier alpha value is -1.45. The van der Waals surface area contributed by atoms with E-state index in [4.69, 9.17) is 17.7 Å². The highest BCUT2D eigenvalue weighted by Crippen LogP contribution is 2.05. The molecule has 0 atom stereocenters. The van der Waals surface area contributed by atoms with E-state index >= 15 is 0 Å². The van der Waals surface area contributed by atoms with Crippen molar-refractivity contribution in [1.29, 1.82) is 0 Å². The van der Waals surface area contributed by atoms with Gasteiger partial charge in [0.2, 0.25) is 0 Å². The number of ether oxygens (including phenoxy) is 1. The Morgan fingerprint density at radius 3 is 2.92 bits per heavy atom. The molecule has 0 aliphatic carbocycles. The summed E-state index contributed by atoms with van der Waals surface area (Å²) in [6.45, 7) is -0.344. The average Bonchev–Trinajstić information content (AvgIpc) is 2.01. The summed E-state index contributed by atoms with van der Waals surface area (Å²) in [4.78, 5) is 10.1. The van der Waals surface area contributed by atoms with Gasteiger partial charge in [-0.3, -0.25) is 0 Å². The van der Waals surface area contributed by atoms with Gasteiger partial charge in [0, 0.05) is 0 Å². The monoisotopic (exact) mass is 162 g/mol. The number of carbonyl (C=O) groups is 1. The molecule has 2 radical (unpaired) electrons. The summed E-state index contributed by atoms with van der Waals surface area (Å²) in [5.41, 5.74) is 0.554. The minimum absolute atomic E-state index is 0.344. The van der Waals surface area contributed by atoms with Gasteiger partial charge in [-0.25, -0.2) is 4.79 Å². The fourth-order valence-corrected chi connectivity index (χ4v) is 0.749. The number of rotatable bonds is 3. The first-order valence-corrected chi connectivity index (χ1v) is 3.38. The van der Waals surface area contributed by atoms with E-state index in [0.717, 1.165) is 0 Å². The van der Waals surface area contributed by atoms with E-state index < -0.39 is 5.97 Å². The largest absolute Gasteiger partial charge is 0.482 e. The Bertz CT molecular complexity index is 285. The minimum atomic E-state index is -1.00. The molecule has 0 aliphatic rings. The predicted octanol–water partition coefficient (Wildman–Crippen LogP) is -0.0562. The smallest absolute Gasteiger partial charge is 0.341 e.